The van der Waals surface area contributed by atoms with E-state index in [4.69, 9.17) is 4.98 Å². The fourth-order valence-corrected chi connectivity index (χ4v) is 7.26. The molecule has 3 aliphatic carbocycles. The molecule has 0 aliphatic heterocycles. The predicted octanol–water partition coefficient (Wildman–Crippen LogP) is 3.41. The van der Waals surface area contributed by atoms with E-state index in [1.165, 1.54) is 16.6 Å². The first-order chi connectivity index (χ1) is 14.2. The van der Waals surface area contributed by atoms with Crippen LogP contribution in [-0.4, -0.2) is 46.1 Å². The molecule has 3 aliphatic rings. The van der Waals surface area contributed by atoms with Gasteiger partial charge in [-0.25, -0.2) is 4.98 Å². The molecule has 30 heavy (non-hydrogen) atoms. The quantitative estimate of drug-likeness (QED) is 0.617. The van der Waals surface area contributed by atoms with Crippen molar-refractivity contribution in [1.82, 2.24) is 10.3 Å². The first-order valence-corrected chi connectivity index (χ1v) is 13.2. The van der Waals surface area contributed by atoms with Crippen LogP contribution >= 0.6 is 23.1 Å². The largest absolute Gasteiger partial charge is 0.392 e. The van der Waals surface area contributed by atoms with Gasteiger partial charge in [0.2, 0.25) is 11.8 Å². The third-order valence-corrected chi connectivity index (χ3v) is 8.96. The number of carbonyl (C=O) groups is 2. The summed E-state index contributed by atoms with van der Waals surface area (Å²) in [6.07, 6.45) is 6.27. The van der Waals surface area contributed by atoms with E-state index < -0.39 is 6.10 Å². The highest BCUT2D eigenvalue weighted by atomic mass is 32.2. The highest BCUT2D eigenvalue weighted by Gasteiger charge is 2.54. The Bertz CT molecular complexity index is 825. The summed E-state index contributed by atoms with van der Waals surface area (Å²) in [6, 6.07) is 0.344. The van der Waals surface area contributed by atoms with Crippen molar-refractivity contribution in [3.63, 3.8) is 0 Å². The van der Waals surface area contributed by atoms with E-state index in [1.54, 1.807) is 11.3 Å². The smallest absolute Gasteiger partial charge is 0.236 e. The van der Waals surface area contributed by atoms with Crippen LogP contribution in [0.15, 0.2) is 0 Å². The van der Waals surface area contributed by atoms with Crippen molar-refractivity contribution in [3.05, 3.63) is 10.6 Å². The highest BCUT2D eigenvalue weighted by molar-refractivity contribution is 7.99. The molecule has 3 N–H and O–H groups in total. The van der Waals surface area contributed by atoms with Gasteiger partial charge in [0.15, 0.2) is 5.13 Å². The van der Waals surface area contributed by atoms with E-state index in [1.807, 2.05) is 13.2 Å². The second kappa shape index (κ2) is 8.43. The lowest BCUT2D eigenvalue weighted by Crippen LogP contribution is -2.53. The number of rotatable bonds is 6. The molecular formula is C22H33N3O3S2. The second-order valence-electron chi connectivity index (χ2n) is 9.72. The van der Waals surface area contributed by atoms with E-state index in [2.05, 4.69) is 24.5 Å². The van der Waals surface area contributed by atoms with Crippen LogP contribution in [0.1, 0.15) is 62.9 Å². The number of thiazole rings is 1. The topological polar surface area (TPSA) is 91.3 Å². The minimum absolute atomic E-state index is 0.0118. The summed E-state index contributed by atoms with van der Waals surface area (Å²) in [4.78, 5) is 30.6. The van der Waals surface area contributed by atoms with Gasteiger partial charge in [-0.15, -0.1) is 11.3 Å². The zero-order valence-corrected chi connectivity index (χ0v) is 19.9. The molecule has 0 spiro atoms. The number of anilines is 1. The molecule has 166 valence electrons. The maximum absolute atomic E-state index is 12.6. The number of hydrogen-bond acceptors (Lipinski definition) is 6. The number of nitrogens with one attached hydrogen (secondary N) is 2. The molecular weight excluding hydrogens is 418 g/mol. The van der Waals surface area contributed by atoms with E-state index in [9.17, 15) is 14.7 Å². The van der Waals surface area contributed by atoms with Crippen LogP contribution in [-0.2, 0) is 16.0 Å². The van der Waals surface area contributed by atoms with Gasteiger partial charge in [-0.2, -0.15) is 11.8 Å². The van der Waals surface area contributed by atoms with Crippen LogP contribution in [0.25, 0.3) is 0 Å². The van der Waals surface area contributed by atoms with Gasteiger partial charge in [-0.05, 0) is 55.6 Å². The lowest BCUT2D eigenvalue weighted by Gasteiger charge is -2.53. The zero-order chi connectivity index (χ0) is 21.6. The fraction of sp³-hybridized carbons (Fsp3) is 0.773. The Morgan fingerprint density at radius 3 is 2.77 bits per heavy atom. The van der Waals surface area contributed by atoms with Crippen molar-refractivity contribution in [1.29, 1.82) is 0 Å². The van der Waals surface area contributed by atoms with Gasteiger partial charge in [0.25, 0.3) is 0 Å². The molecule has 2 saturated carbocycles. The number of aromatic nitrogens is 1. The van der Waals surface area contributed by atoms with Gasteiger partial charge < -0.3 is 15.7 Å². The molecule has 1 aromatic rings. The van der Waals surface area contributed by atoms with Crippen LogP contribution in [0.5, 0.6) is 0 Å². The van der Waals surface area contributed by atoms with Crippen molar-refractivity contribution in [2.45, 2.75) is 70.9 Å². The van der Waals surface area contributed by atoms with Gasteiger partial charge >= 0.3 is 0 Å². The Morgan fingerprint density at radius 2 is 2.10 bits per heavy atom. The number of thioether (sulfide) groups is 1. The van der Waals surface area contributed by atoms with Crippen LogP contribution in [0.3, 0.4) is 0 Å². The number of aliphatic hydroxyl groups excluding tert-OH is 1. The van der Waals surface area contributed by atoms with E-state index in [0.29, 0.717) is 16.9 Å². The minimum atomic E-state index is -0.525. The molecule has 8 heteroatoms. The summed E-state index contributed by atoms with van der Waals surface area (Å²) in [5.74, 6) is 0.430. The van der Waals surface area contributed by atoms with E-state index >= 15 is 0 Å². The Balaban J connectivity index is 1.53. The van der Waals surface area contributed by atoms with Crippen LogP contribution in [0.4, 0.5) is 5.13 Å². The fourth-order valence-electron chi connectivity index (χ4n) is 5.64. The lowest BCUT2D eigenvalue weighted by atomic mass is 9.53. The minimum Gasteiger partial charge on any atom is -0.392 e. The number of amides is 2. The van der Waals surface area contributed by atoms with Crippen LogP contribution in [0.2, 0.25) is 0 Å². The molecule has 0 bridgehead atoms. The number of nitrogens with zero attached hydrogens (tertiary/aromatic N) is 1. The van der Waals surface area contributed by atoms with Gasteiger partial charge in [-0.3, -0.25) is 9.59 Å². The molecule has 0 unspecified atom stereocenters. The van der Waals surface area contributed by atoms with E-state index in [0.717, 1.165) is 37.8 Å². The number of aliphatic hydroxyl groups is 1. The molecule has 2 fully saturated rings. The van der Waals surface area contributed by atoms with Gasteiger partial charge in [0, 0.05) is 22.8 Å². The summed E-state index contributed by atoms with van der Waals surface area (Å²) >= 11 is 3.07. The van der Waals surface area contributed by atoms with Crippen molar-refractivity contribution < 1.29 is 14.7 Å². The number of fused-ring (bicyclic) bond motifs is 2. The SMILES string of the molecule is CSCC(=O)Nc1nc2c(s1)C[C@]1(C)CC[C@H]([C@H](C)C(=O)NC3CC3)[C@H](O)[C@H]1[C@@H]2C. The third kappa shape index (κ3) is 4.15. The summed E-state index contributed by atoms with van der Waals surface area (Å²) in [7, 11) is 0. The Kier molecular flexibility index (Phi) is 6.21. The normalized spacial score (nSPS) is 33.9. The maximum Gasteiger partial charge on any atom is 0.236 e. The standard InChI is InChI=1S/C22H33N3O3S2/c1-11(20(28)23-13-5-6-13)14-7-8-22(3)9-15-18(12(2)17(22)19(14)27)25-21(30-15)24-16(26)10-29-4/h11-14,17,19,27H,5-10H2,1-4H3,(H,23,28)(H,24,25,26)/t11-,12-,14+,17+,19-,22-/m0/s1. The first kappa shape index (κ1) is 22.1. The summed E-state index contributed by atoms with van der Waals surface area (Å²) in [5.41, 5.74) is 0.999. The molecule has 2 amide bonds. The molecule has 4 rings (SSSR count). The van der Waals surface area contributed by atoms with Crippen LogP contribution < -0.4 is 10.6 Å². The average molecular weight is 452 g/mol. The van der Waals surface area contributed by atoms with Crippen molar-refractivity contribution in [3.8, 4) is 0 Å². The van der Waals surface area contributed by atoms with Crippen molar-refractivity contribution >= 4 is 40.0 Å². The number of carbonyl (C=O) groups excluding carboxylic acids is 2. The van der Waals surface area contributed by atoms with Gasteiger partial charge in [0.1, 0.15) is 0 Å². The average Bonchev–Trinajstić information content (AvgIpc) is 3.39. The maximum atomic E-state index is 12.6. The third-order valence-electron chi connectivity index (χ3n) is 7.42. The van der Waals surface area contributed by atoms with Crippen molar-refractivity contribution in [2.24, 2.45) is 23.2 Å². The van der Waals surface area contributed by atoms with Crippen LogP contribution in [0, 0.1) is 23.2 Å². The van der Waals surface area contributed by atoms with Gasteiger partial charge in [0.05, 0.1) is 17.6 Å². The van der Waals surface area contributed by atoms with Gasteiger partial charge in [-0.1, -0.05) is 20.8 Å². The zero-order valence-electron chi connectivity index (χ0n) is 18.2. The second-order valence-corrected chi connectivity index (χ2v) is 11.7. The molecule has 1 aromatic heterocycles. The Hall–Kier alpha value is -1.12. The summed E-state index contributed by atoms with van der Waals surface area (Å²) < 4.78 is 0. The molecule has 6 nitrogen and oxygen atoms in total. The molecule has 0 aromatic carbocycles. The molecule has 1 heterocycles. The monoisotopic (exact) mass is 451 g/mol. The predicted molar refractivity (Wildman–Crippen MR) is 122 cm³/mol. The van der Waals surface area contributed by atoms with Crippen molar-refractivity contribution in [2.75, 3.05) is 17.3 Å². The molecule has 0 saturated heterocycles. The molecule has 6 atom stereocenters. The molecule has 0 radical (unpaired) electrons. The summed E-state index contributed by atoms with van der Waals surface area (Å²) in [5, 5.41) is 18.1. The number of hydrogen-bond donors (Lipinski definition) is 3. The first-order valence-electron chi connectivity index (χ1n) is 11.0. The highest BCUT2D eigenvalue weighted by Crippen LogP contribution is 2.57. The Morgan fingerprint density at radius 1 is 1.37 bits per heavy atom. The van der Waals surface area contributed by atoms with E-state index in [-0.39, 0.29) is 40.9 Å². The summed E-state index contributed by atoms with van der Waals surface area (Å²) in [6.45, 7) is 6.39. The Labute approximate surface area is 187 Å². The lowest BCUT2D eigenvalue weighted by molar-refractivity contribution is -0.134.